The van der Waals surface area contributed by atoms with Crippen LogP contribution in [-0.2, 0) is 17.8 Å². The van der Waals surface area contributed by atoms with Gasteiger partial charge < -0.3 is 18.6 Å². The van der Waals surface area contributed by atoms with Crippen LogP contribution in [0.5, 0.6) is 17.2 Å². The maximum atomic E-state index is 13.4. The van der Waals surface area contributed by atoms with Crippen LogP contribution >= 0.6 is 0 Å². The molecule has 1 aliphatic heterocycles. The molecular weight excluding hydrogens is 446 g/mol. The van der Waals surface area contributed by atoms with Crippen molar-refractivity contribution < 1.29 is 23.4 Å². The van der Waals surface area contributed by atoms with E-state index < -0.39 is 5.97 Å². The standard InChI is InChI=1S/C28H25NO6/c1-17-4-6-19(7-5-17)14-29-15-23-24(33-16-29)13-12-22-25(30)26(18(2)34-27(22)23)35-21-10-8-20(9-11-21)28(31)32-3/h4-13H,14-16H2,1-3H3. The highest BCUT2D eigenvalue weighted by molar-refractivity contribution is 5.89. The van der Waals surface area contributed by atoms with Crippen LogP contribution < -0.4 is 14.9 Å². The topological polar surface area (TPSA) is 78.2 Å². The predicted molar refractivity (Wildman–Crippen MR) is 131 cm³/mol. The summed E-state index contributed by atoms with van der Waals surface area (Å²) in [5, 5.41) is 0.427. The Morgan fingerprint density at radius 2 is 1.74 bits per heavy atom. The molecule has 7 heteroatoms. The first-order valence-electron chi connectivity index (χ1n) is 11.3. The number of methoxy groups -OCH3 is 1. The number of hydrogen-bond acceptors (Lipinski definition) is 7. The second-order valence-electron chi connectivity index (χ2n) is 8.60. The van der Waals surface area contributed by atoms with Crippen LogP contribution in [0.3, 0.4) is 0 Å². The summed E-state index contributed by atoms with van der Waals surface area (Å²) in [4.78, 5) is 27.2. The van der Waals surface area contributed by atoms with E-state index in [1.165, 1.54) is 18.2 Å². The Labute approximate surface area is 202 Å². The summed E-state index contributed by atoms with van der Waals surface area (Å²) >= 11 is 0. The summed E-state index contributed by atoms with van der Waals surface area (Å²) in [6.45, 7) is 5.54. The van der Waals surface area contributed by atoms with Gasteiger partial charge in [0.25, 0.3) is 0 Å². The quantitative estimate of drug-likeness (QED) is 0.364. The smallest absolute Gasteiger partial charge is 0.337 e. The zero-order valence-electron chi connectivity index (χ0n) is 19.8. The molecule has 0 saturated carbocycles. The first-order chi connectivity index (χ1) is 16.9. The first kappa shape index (κ1) is 22.7. The summed E-state index contributed by atoms with van der Waals surface area (Å²) in [7, 11) is 1.32. The van der Waals surface area contributed by atoms with Gasteiger partial charge in [-0.2, -0.15) is 0 Å². The number of carbonyl (C=O) groups is 1. The van der Waals surface area contributed by atoms with E-state index in [1.807, 2.05) is 6.07 Å². The number of aryl methyl sites for hydroxylation is 2. The Kier molecular flexibility index (Phi) is 6.01. The summed E-state index contributed by atoms with van der Waals surface area (Å²) < 4.78 is 22.7. The van der Waals surface area contributed by atoms with E-state index in [4.69, 9.17) is 18.6 Å². The number of rotatable bonds is 5. The fourth-order valence-electron chi connectivity index (χ4n) is 4.17. The molecule has 5 rings (SSSR count). The highest BCUT2D eigenvalue weighted by Crippen LogP contribution is 2.34. The second kappa shape index (κ2) is 9.27. The van der Waals surface area contributed by atoms with Crippen LogP contribution in [0.25, 0.3) is 11.0 Å². The van der Waals surface area contributed by atoms with Gasteiger partial charge in [0.2, 0.25) is 11.2 Å². The number of fused-ring (bicyclic) bond motifs is 3. The largest absolute Gasteiger partial charge is 0.478 e. The Balaban J connectivity index is 1.44. The number of hydrogen-bond donors (Lipinski definition) is 0. The average molecular weight is 472 g/mol. The fourth-order valence-corrected chi connectivity index (χ4v) is 4.17. The minimum atomic E-state index is -0.443. The number of esters is 1. The van der Waals surface area contributed by atoms with Gasteiger partial charge in [-0.3, -0.25) is 9.69 Å². The lowest BCUT2D eigenvalue weighted by Crippen LogP contribution is -2.31. The van der Waals surface area contributed by atoms with Crippen LogP contribution in [-0.4, -0.2) is 24.7 Å². The summed E-state index contributed by atoms with van der Waals surface area (Å²) in [6, 6.07) is 18.3. The van der Waals surface area contributed by atoms with Crippen molar-refractivity contribution in [3.8, 4) is 17.2 Å². The van der Waals surface area contributed by atoms with Gasteiger partial charge in [-0.1, -0.05) is 29.8 Å². The van der Waals surface area contributed by atoms with Crippen LogP contribution in [0.4, 0.5) is 0 Å². The van der Waals surface area contributed by atoms with Crippen molar-refractivity contribution in [1.82, 2.24) is 4.90 Å². The van der Waals surface area contributed by atoms with E-state index in [0.717, 1.165) is 12.1 Å². The SMILES string of the molecule is COC(=O)c1ccc(Oc2c(C)oc3c4c(ccc3c2=O)OCN(Cc2ccc(C)cc2)C4)cc1. The third-order valence-electron chi connectivity index (χ3n) is 6.05. The highest BCUT2D eigenvalue weighted by atomic mass is 16.5. The van der Waals surface area contributed by atoms with Crippen LogP contribution in [0.15, 0.2) is 69.9 Å². The summed E-state index contributed by atoms with van der Waals surface area (Å²) in [5.74, 6) is 1.16. The molecule has 2 heterocycles. The highest BCUT2D eigenvalue weighted by Gasteiger charge is 2.24. The molecule has 0 atom stereocenters. The minimum Gasteiger partial charge on any atom is -0.478 e. The monoisotopic (exact) mass is 471 g/mol. The van der Waals surface area contributed by atoms with Gasteiger partial charge in [-0.25, -0.2) is 4.79 Å². The third kappa shape index (κ3) is 4.50. The minimum absolute atomic E-state index is 0.108. The summed E-state index contributed by atoms with van der Waals surface area (Å²) in [5.41, 5.74) is 3.88. The lowest BCUT2D eigenvalue weighted by molar-refractivity contribution is 0.0600. The van der Waals surface area contributed by atoms with Gasteiger partial charge in [-0.15, -0.1) is 0 Å². The normalized spacial score (nSPS) is 13.2. The molecule has 0 amide bonds. The van der Waals surface area contributed by atoms with E-state index in [-0.39, 0.29) is 11.2 Å². The maximum absolute atomic E-state index is 13.4. The van der Waals surface area contributed by atoms with Crippen molar-refractivity contribution in [2.24, 2.45) is 0 Å². The zero-order chi connectivity index (χ0) is 24.5. The van der Waals surface area contributed by atoms with Crippen LogP contribution in [0, 0.1) is 13.8 Å². The van der Waals surface area contributed by atoms with Gasteiger partial charge in [-0.05, 0) is 55.8 Å². The molecule has 0 aliphatic carbocycles. The Morgan fingerprint density at radius 1 is 1.00 bits per heavy atom. The van der Waals surface area contributed by atoms with Gasteiger partial charge >= 0.3 is 5.97 Å². The number of ether oxygens (including phenoxy) is 3. The summed E-state index contributed by atoms with van der Waals surface area (Å²) in [6.07, 6.45) is 0. The van der Waals surface area contributed by atoms with Gasteiger partial charge in [0.05, 0.1) is 23.6 Å². The molecule has 1 aliphatic rings. The molecule has 0 N–H and O–H groups in total. The van der Waals surface area contributed by atoms with E-state index in [1.54, 1.807) is 37.3 Å². The van der Waals surface area contributed by atoms with E-state index in [0.29, 0.717) is 47.1 Å². The number of nitrogens with zero attached hydrogens (tertiary/aromatic N) is 1. The van der Waals surface area contributed by atoms with Crippen molar-refractivity contribution >= 4 is 16.9 Å². The molecule has 0 unspecified atom stereocenters. The zero-order valence-corrected chi connectivity index (χ0v) is 19.8. The van der Waals surface area contributed by atoms with Crippen molar-refractivity contribution in [3.63, 3.8) is 0 Å². The third-order valence-corrected chi connectivity index (χ3v) is 6.05. The Hall–Kier alpha value is -4.10. The first-order valence-corrected chi connectivity index (χ1v) is 11.3. The molecule has 1 aromatic heterocycles. The fraction of sp³-hybridized carbons (Fsp3) is 0.214. The molecule has 0 fully saturated rings. The van der Waals surface area contributed by atoms with Crippen molar-refractivity contribution in [2.45, 2.75) is 26.9 Å². The molecule has 0 bridgehead atoms. The van der Waals surface area contributed by atoms with Crippen LogP contribution in [0.1, 0.15) is 32.8 Å². The molecule has 0 saturated heterocycles. The number of carbonyl (C=O) groups excluding carboxylic acids is 1. The van der Waals surface area contributed by atoms with Gasteiger partial charge in [0.15, 0.2) is 0 Å². The second-order valence-corrected chi connectivity index (χ2v) is 8.60. The molecule has 7 nitrogen and oxygen atoms in total. The molecule has 0 spiro atoms. The van der Waals surface area contributed by atoms with Crippen molar-refractivity contribution in [3.05, 3.63) is 98.9 Å². The molecular formula is C28H25NO6. The molecule has 178 valence electrons. The lowest BCUT2D eigenvalue weighted by Gasteiger charge is -2.29. The molecule has 3 aromatic carbocycles. The van der Waals surface area contributed by atoms with Gasteiger partial charge in [0.1, 0.15) is 29.6 Å². The molecule has 35 heavy (non-hydrogen) atoms. The van der Waals surface area contributed by atoms with E-state index >= 15 is 0 Å². The van der Waals surface area contributed by atoms with E-state index in [9.17, 15) is 9.59 Å². The maximum Gasteiger partial charge on any atom is 0.337 e. The van der Waals surface area contributed by atoms with E-state index in [2.05, 4.69) is 36.1 Å². The Morgan fingerprint density at radius 3 is 2.46 bits per heavy atom. The van der Waals surface area contributed by atoms with Gasteiger partial charge in [0, 0.05) is 13.1 Å². The predicted octanol–water partition coefficient (Wildman–Crippen LogP) is 5.34. The Bertz CT molecular complexity index is 1450. The van der Waals surface area contributed by atoms with Crippen molar-refractivity contribution in [1.29, 1.82) is 0 Å². The molecule has 4 aromatic rings. The molecule has 0 radical (unpaired) electrons. The van der Waals surface area contributed by atoms with Crippen molar-refractivity contribution in [2.75, 3.05) is 13.8 Å². The average Bonchev–Trinajstić information content (AvgIpc) is 2.87. The lowest BCUT2D eigenvalue weighted by atomic mass is 10.1. The number of benzene rings is 3. The van der Waals surface area contributed by atoms with Crippen LogP contribution in [0.2, 0.25) is 0 Å².